The fraction of sp³-hybridized carbons (Fsp3) is 0.400. The van der Waals surface area contributed by atoms with Gasteiger partial charge in [-0.2, -0.15) is 0 Å². The van der Waals surface area contributed by atoms with Crippen LogP contribution in [0.1, 0.15) is 13.8 Å². The van der Waals surface area contributed by atoms with Gasteiger partial charge in [0.05, 0.1) is 0 Å². The summed E-state index contributed by atoms with van der Waals surface area (Å²) in [5.41, 5.74) is -1.09. The number of ketones is 1. The molecule has 1 aliphatic carbocycles. The van der Waals surface area contributed by atoms with E-state index in [0.717, 1.165) is 0 Å². The Kier molecular flexibility index (Phi) is 2.13. The van der Waals surface area contributed by atoms with Crippen LogP contribution in [0.25, 0.3) is 0 Å². The van der Waals surface area contributed by atoms with Crippen molar-refractivity contribution in [1.29, 1.82) is 0 Å². The van der Waals surface area contributed by atoms with Crippen LogP contribution in [0.15, 0.2) is 22.7 Å². The van der Waals surface area contributed by atoms with Crippen LogP contribution >= 0.6 is 15.9 Å². The zero-order valence-corrected chi connectivity index (χ0v) is 9.83. The minimum absolute atomic E-state index is 0.393. The minimum atomic E-state index is -1.56. The van der Waals surface area contributed by atoms with Gasteiger partial charge in [-0.15, -0.1) is 0 Å². The lowest BCUT2D eigenvalue weighted by Crippen LogP contribution is -2.40. The van der Waals surface area contributed by atoms with Crippen LogP contribution in [0.2, 0.25) is 0 Å². The minimum Gasteiger partial charge on any atom is -0.419 e. The average Bonchev–Trinajstić information content (AvgIpc) is 2.33. The van der Waals surface area contributed by atoms with Gasteiger partial charge in [-0.3, -0.25) is 4.79 Å². The number of hydrogen-bond acceptors (Lipinski definition) is 4. The lowest BCUT2D eigenvalue weighted by molar-refractivity contribution is -0.172. The number of carbonyl (C=O) groups excluding carboxylic acids is 2. The van der Waals surface area contributed by atoms with E-state index in [2.05, 4.69) is 15.9 Å². The Hall–Kier alpha value is -0.940. The van der Waals surface area contributed by atoms with Gasteiger partial charge in [0.2, 0.25) is 5.78 Å². The molecule has 1 heterocycles. The lowest BCUT2D eigenvalue weighted by Gasteiger charge is -2.23. The number of hydrogen-bond donors (Lipinski definition) is 0. The summed E-state index contributed by atoms with van der Waals surface area (Å²) in [6.07, 6.45) is 4.39. The van der Waals surface area contributed by atoms with Crippen molar-refractivity contribution in [3.05, 3.63) is 22.7 Å². The summed E-state index contributed by atoms with van der Waals surface area (Å²) in [5.74, 6) is -2.49. The number of halogens is 1. The highest BCUT2D eigenvalue weighted by atomic mass is 79.9. The number of ether oxygens (including phenoxy) is 2. The lowest BCUT2D eigenvalue weighted by atomic mass is 10.1. The van der Waals surface area contributed by atoms with Crippen LogP contribution in [0.4, 0.5) is 0 Å². The fourth-order valence-corrected chi connectivity index (χ4v) is 1.76. The molecule has 15 heavy (non-hydrogen) atoms. The van der Waals surface area contributed by atoms with Crippen molar-refractivity contribution in [2.75, 3.05) is 0 Å². The van der Waals surface area contributed by atoms with E-state index >= 15 is 0 Å². The van der Waals surface area contributed by atoms with E-state index in [-0.39, 0.29) is 0 Å². The Morgan fingerprint density at radius 1 is 1.33 bits per heavy atom. The SMILES string of the molecule is CC1(C)OC2(C=CC(Br)=CC2=O)OC1=O. The zero-order valence-electron chi connectivity index (χ0n) is 8.24. The molecule has 1 unspecified atom stereocenters. The molecular formula is C10H9BrO4. The van der Waals surface area contributed by atoms with Crippen molar-refractivity contribution in [2.24, 2.45) is 0 Å². The van der Waals surface area contributed by atoms with Crippen LogP contribution in [0, 0.1) is 0 Å². The van der Waals surface area contributed by atoms with Gasteiger partial charge in [-0.1, -0.05) is 15.9 Å². The molecule has 0 N–H and O–H groups in total. The predicted molar refractivity (Wildman–Crippen MR) is 55.1 cm³/mol. The first-order valence-corrected chi connectivity index (χ1v) is 5.19. The molecule has 5 heteroatoms. The van der Waals surface area contributed by atoms with Gasteiger partial charge in [-0.05, 0) is 26.0 Å². The summed E-state index contributed by atoms with van der Waals surface area (Å²) in [5, 5.41) is 0. The topological polar surface area (TPSA) is 52.6 Å². The summed E-state index contributed by atoms with van der Waals surface area (Å²) in [4.78, 5) is 23.1. The molecule has 0 aromatic heterocycles. The Balaban J connectivity index is 2.37. The van der Waals surface area contributed by atoms with Gasteiger partial charge in [0, 0.05) is 10.6 Å². The van der Waals surface area contributed by atoms with Gasteiger partial charge < -0.3 is 9.47 Å². The predicted octanol–water partition coefficient (Wildman–Crippen LogP) is 1.45. The monoisotopic (exact) mass is 272 g/mol. The van der Waals surface area contributed by atoms with Crippen molar-refractivity contribution < 1.29 is 19.1 Å². The van der Waals surface area contributed by atoms with Crippen LogP contribution < -0.4 is 0 Å². The smallest absolute Gasteiger partial charge is 0.341 e. The van der Waals surface area contributed by atoms with E-state index in [0.29, 0.717) is 4.48 Å². The Labute approximate surface area is 95.1 Å². The van der Waals surface area contributed by atoms with E-state index in [9.17, 15) is 9.59 Å². The molecule has 2 rings (SSSR count). The summed E-state index contributed by atoms with van der Waals surface area (Å²) >= 11 is 3.16. The summed E-state index contributed by atoms with van der Waals surface area (Å²) in [6, 6.07) is 0. The summed E-state index contributed by atoms with van der Waals surface area (Å²) in [6.45, 7) is 3.14. The second-order valence-electron chi connectivity index (χ2n) is 3.90. The molecule has 80 valence electrons. The van der Waals surface area contributed by atoms with Crippen molar-refractivity contribution in [2.45, 2.75) is 25.2 Å². The number of carbonyl (C=O) groups is 2. The third-order valence-corrected chi connectivity index (χ3v) is 2.71. The van der Waals surface area contributed by atoms with Crippen LogP contribution in [0.3, 0.4) is 0 Å². The first kappa shape index (κ1) is 10.6. The van der Waals surface area contributed by atoms with Crippen LogP contribution in [0.5, 0.6) is 0 Å². The molecule has 1 fully saturated rings. The molecule has 4 nitrogen and oxygen atoms in total. The average molecular weight is 273 g/mol. The molecule has 0 saturated carbocycles. The molecule has 0 amide bonds. The molecule has 0 bridgehead atoms. The quantitative estimate of drug-likeness (QED) is 0.627. The highest BCUT2D eigenvalue weighted by molar-refractivity contribution is 9.11. The Morgan fingerprint density at radius 2 is 2.00 bits per heavy atom. The molecule has 2 aliphatic rings. The van der Waals surface area contributed by atoms with Crippen molar-refractivity contribution in [1.82, 2.24) is 0 Å². The first-order valence-electron chi connectivity index (χ1n) is 4.40. The molecule has 1 aliphatic heterocycles. The maximum atomic E-state index is 11.7. The highest BCUT2D eigenvalue weighted by Crippen LogP contribution is 2.37. The molecule has 1 saturated heterocycles. The van der Waals surface area contributed by atoms with E-state index in [1.165, 1.54) is 12.2 Å². The first-order chi connectivity index (χ1) is 6.86. The zero-order chi connectivity index (χ0) is 11.3. The third kappa shape index (κ3) is 1.55. The van der Waals surface area contributed by atoms with Gasteiger partial charge >= 0.3 is 5.97 Å². The number of rotatable bonds is 0. The van der Waals surface area contributed by atoms with Gasteiger partial charge in [0.1, 0.15) is 0 Å². The summed E-state index contributed by atoms with van der Waals surface area (Å²) in [7, 11) is 0. The fourth-order valence-electron chi connectivity index (χ4n) is 1.42. The molecule has 0 aromatic carbocycles. The number of esters is 1. The van der Waals surface area contributed by atoms with Gasteiger partial charge in [0.25, 0.3) is 5.79 Å². The third-order valence-electron chi connectivity index (χ3n) is 2.22. The van der Waals surface area contributed by atoms with Gasteiger partial charge in [-0.25, -0.2) is 4.79 Å². The van der Waals surface area contributed by atoms with Crippen molar-refractivity contribution >= 4 is 27.7 Å². The maximum absolute atomic E-state index is 11.7. The van der Waals surface area contributed by atoms with E-state index < -0.39 is 23.1 Å². The van der Waals surface area contributed by atoms with Crippen molar-refractivity contribution in [3.8, 4) is 0 Å². The number of allylic oxidation sites excluding steroid dienone is 2. The van der Waals surface area contributed by atoms with Gasteiger partial charge in [0.15, 0.2) is 5.60 Å². The van der Waals surface area contributed by atoms with E-state index in [1.807, 2.05) is 0 Å². The molecule has 0 radical (unpaired) electrons. The molecule has 0 aromatic rings. The molecule has 1 atom stereocenters. The molecule has 1 spiro atoms. The van der Waals surface area contributed by atoms with Crippen molar-refractivity contribution in [3.63, 3.8) is 0 Å². The van der Waals surface area contributed by atoms with Crippen LogP contribution in [-0.2, 0) is 19.1 Å². The summed E-state index contributed by atoms with van der Waals surface area (Å²) < 4.78 is 11.0. The maximum Gasteiger partial charge on any atom is 0.341 e. The Bertz CT molecular complexity index is 408. The second-order valence-corrected chi connectivity index (χ2v) is 4.81. The highest BCUT2D eigenvalue weighted by Gasteiger charge is 2.56. The molecular weight excluding hydrogens is 264 g/mol. The Morgan fingerprint density at radius 3 is 2.47 bits per heavy atom. The standard InChI is InChI=1S/C10H9BrO4/c1-9(2)8(13)14-10(15-9)4-3-6(11)5-7(10)12/h3-5H,1-2H3. The normalized spacial score (nSPS) is 33.1. The van der Waals surface area contributed by atoms with E-state index in [1.54, 1.807) is 19.9 Å². The van der Waals surface area contributed by atoms with Crippen LogP contribution in [-0.4, -0.2) is 23.1 Å². The second kappa shape index (κ2) is 3.02. The largest absolute Gasteiger partial charge is 0.419 e. The van der Waals surface area contributed by atoms with E-state index in [4.69, 9.17) is 9.47 Å².